The van der Waals surface area contributed by atoms with E-state index in [1.807, 2.05) is 6.20 Å². The first-order valence-corrected chi connectivity index (χ1v) is 6.85. The third-order valence-electron chi connectivity index (χ3n) is 3.40. The van der Waals surface area contributed by atoms with E-state index in [2.05, 4.69) is 9.97 Å². The smallest absolute Gasteiger partial charge is 0.169 e. The number of thioether (sulfide) groups is 1. The molecular formula is C11H17N3O2S. The second-order valence-corrected chi connectivity index (χ2v) is 5.79. The topological polar surface area (TPSA) is 73.2 Å². The Bertz CT molecular complexity index is 365. The lowest BCUT2D eigenvalue weighted by atomic mass is 9.90. The van der Waals surface area contributed by atoms with Crippen molar-refractivity contribution in [3.05, 3.63) is 12.4 Å². The van der Waals surface area contributed by atoms with Gasteiger partial charge in [-0.15, -0.1) is 0 Å². The predicted octanol–water partition coefficient (Wildman–Crippen LogP) is 1.12. The molecule has 1 aromatic heterocycles. The van der Waals surface area contributed by atoms with Crippen LogP contribution in [0.15, 0.2) is 17.6 Å². The van der Waals surface area contributed by atoms with Crippen molar-refractivity contribution in [3.63, 3.8) is 0 Å². The molecule has 0 bridgehead atoms. The minimum Gasteiger partial charge on any atom is -0.347 e. The largest absolute Gasteiger partial charge is 0.347 e. The van der Waals surface area contributed by atoms with Gasteiger partial charge in [0.2, 0.25) is 0 Å². The molecule has 94 valence electrons. The molecule has 2 aliphatic rings. The summed E-state index contributed by atoms with van der Waals surface area (Å²) in [5.74, 6) is -0.375. The molecule has 0 amide bonds. The summed E-state index contributed by atoms with van der Waals surface area (Å²) < 4.78 is 11.5. The first kappa shape index (κ1) is 11.5. The Hall–Kier alpha value is -0.560. The molecule has 1 saturated carbocycles. The minimum atomic E-state index is -0.375. The maximum absolute atomic E-state index is 6.17. The van der Waals surface area contributed by atoms with Crippen molar-refractivity contribution >= 4 is 11.8 Å². The average Bonchev–Trinajstić information content (AvgIpc) is 2.96. The molecule has 5 nitrogen and oxygen atoms in total. The van der Waals surface area contributed by atoms with Gasteiger partial charge in [0, 0.05) is 36.5 Å². The molecule has 2 atom stereocenters. The van der Waals surface area contributed by atoms with Crippen LogP contribution in [0.25, 0.3) is 0 Å². The summed E-state index contributed by atoms with van der Waals surface area (Å²) in [5, 5.41) is 1.22. The molecular weight excluding hydrogens is 238 g/mol. The second-order valence-electron chi connectivity index (χ2n) is 4.56. The van der Waals surface area contributed by atoms with Gasteiger partial charge in [-0.25, -0.2) is 4.98 Å². The molecule has 17 heavy (non-hydrogen) atoms. The molecule has 3 N–H and O–H groups in total. The van der Waals surface area contributed by atoms with Crippen molar-refractivity contribution in [2.75, 3.05) is 13.2 Å². The van der Waals surface area contributed by atoms with Crippen LogP contribution in [0.5, 0.6) is 0 Å². The highest BCUT2D eigenvalue weighted by Crippen LogP contribution is 2.41. The lowest BCUT2D eigenvalue weighted by Gasteiger charge is -2.38. The number of ether oxygens (including phenoxy) is 2. The molecule has 1 aromatic rings. The van der Waals surface area contributed by atoms with Crippen LogP contribution in [0.1, 0.15) is 19.3 Å². The van der Waals surface area contributed by atoms with E-state index < -0.39 is 0 Å². The van der Waals surface area contributed by atoms with E-state index in [9.17, 15) is 0 Å². The molecule has 0 radical (unpaired) electrons. The van der Waals surface area contributed by atoms with Crippen molar-refractivity contribution in [1.82, 2.24) is 9.97 Å². The summed E-state index contributed by atoms with van der Waals surface area (Å²) in [7, 11) is 0. The van der Waals surface area contributed by atoms with E-state index in [-0.39, 0.29) is 11.8 Å². The number of aromatic nitrogens is 2. The Morgan fingerprint density at radius 1 is 1.47 bits per heavy atom. The van der Waals surface area contributed by atoms with Crippen LogP contribution in [0.3, 0.4) is 0 Å². The molecule has 6 heteroatoms. The molecule has 2 heterocycles. The molecule has 2 fully saturated rings. The average molecular weight is 255 g/mol. The zero-order valence-corrected chi connectivity index (χ0v) is 10.4. The van der Waals surface area contributed by atoms with Crippen molar-refractivity contribution in [2.24, 2.45) is 5.73 Å². The maximum atomic E-state index is 6.17. The lowest BCUT2D eigenvalue weighted by molar-refractivity contribution is -0.176. The van der Waals surface area contributed by atoms with Crippen LogP contribution in [0.4, 0.5) is 0 Å². The third kappa shape index (κ3) is 2.35. The van der Waals surface area contributed by atoms with Gasteiger partial charge in [0.25, 0.3) is 0 Å². The van der Waals surface area contributed by atoms with Crippen LogP contribution in [-0.2, 0) is 9.47 Å². The Morgan fingerprint density at radius 3 is 3.00 bits per heavy atom. The zero-order chi connectivity index (χ0) is 11.7. The number of H-pyrrole nitrogens is 1. The first-order valence-electron chi connectivity index (χ1n) is 5.97. The van der Waals surface area contributed by atoms with Gasteiger partial charge in [-0.1, -0.05) is 11.8 Å². The maximum Gasteiger partial charge on any atom is 0.169 e. The van der Waals surface area contributed by atoms with Crippen LogP contribution in [0, 0.1) is 0 Å². The quantitative estimate of drug-likeness (QED) is 0.828. The highest BCUT2D eigenvalue weighted by atomic mass is 32.2. The van der Waals surface area contributed by atoms with Crippen LogP contribution < -0.4 is 5.73 Å². The van der Waals surface area contributed by atoms with Gasteiger partial charge < -0.3 is 20.2 Å². The summed E-state index contributed by atoms with van der Waals surface area (Å²) in [6, 6.07) is 0.184. The predicted molar refractivity (Wildman–Crippen MR) is 64.7 cm³/mol. The number of nitrogens with zero attached hydrogens (tertiary/aromatic N) is 1. The number of hydrogen-bond acceptors (Lipinski definition) is 5. The van der Waals surface area contributed by atoms with Gasteiger partial charge in [0.1, 0.15) is 0 Å². The number of hydrogen-bond donors (Lipinski definition) is 2. The minimum absolute atomic E-state index is 0.184. The van der Waals surface area contributed by atoms with Crippen molar-refractivity contribution in [1.29, 1.82) is 0 Å². The van der Waals surface area contributed by atoms with E-state index in [1.165, 1.54) is 0 Å². The molecule has 2 unspecified atom stereocenters. The number of nitrogens with two attached hydrogens (primary N) is 1. The number of imidazole rings is 1. The first-order chi connectivity index (χ1) is 8.27. The number of aromatic amines is 1. The summed E-state index contributed by atoms with van der Waals surface area (Å²) in [6.45, 7) is 1.40. The molecule has 1 spiro atoms. The lowest BCUT2D eigenvalue weighted by Crippen LogP contribution is -2.47. The summed E-state index contributed by atoms with van der Waals surface area (Å²) >= 11 is 1.69. The fourth-order valence-electron chi connectivity index (χ4n) is 2.48. The summed E-state index contributed by atoms with van der Waals surface area (Å²) in [5.41, 5.74) is 6.17. The van der Waals surface area contributed by atoms with Gasteiger partial charge in [0.15, 0.2) is 10.9 Å². The Kier molecular flexibility index (Phi) is 3.12. The summed E-state index contributed by atoms with van der Waals surface area (Å²) in [4.78, 5) is 7.33. The highest BCUT2D eigenvalue weighted by molar-refractivity contribution is 7.99. The van der Waals surface area contributed by atoms with Crippen molar-refractivity contribution < 1.29 is 9.47 Å². The Balaban J connectivity index is 1.69. The van der Waals surface area contributed by atoms with E-state index in [0.29, 0.717) is 18.5 Å². The van der Waals surface area contributed by atoms with E-state index in [4.69, 9.17) is 15.2 Å². The van der Waals surface area contributed by atoms with E-state index in [1.54, 1.807) is 18.0 Å². The number of rotatable bonds is 2. The SMILES string of the molecule is NC1CCC2(CC1Sc1ncc[nH]1)OCCO2. The van der Waals surface area contributed by atoms with Gasteiger partial charge >= 0.3 is 0 Å². The van der Waals surface area contributed by atoms with E-state index >= 15 is 0 Å². The standard InChI is InChI=1S/C11H17N3O2S/c12-8-1-2-11(15-5-6-16-11)7-9(8)17-10-13-3-4-14-10/h3-4,8-9H,1-2,5-7,12H2,(H,13,14). The van der Waals surface area contributed by atoms with Crippen LogP contribution in [0.2, 0.25) is 0 Å². The van der Waals surface area contributed by atoms with Gasteiger partial charge in [0.05, 0.1) is 13.2 Å². The second kappa shape index (κ2) is 4.61. The summed E-state index contributed by atoms with van der Waals surface area (Å²) in [6.07, 6.45) is 6.28. The molecule has 1 aliphatic heterocycles. The monoisotopic (exact) mass is 255 g/mol. The van der Waals surface area contributed by atoms with Crippen LogP contribution in [-0.4, -0.2) is 40.3 Å². The third-order valence-corrected chi connectivity index (χ3v) is 4.66. The normalized spacial score (nSPS) is 32.1. The molecule has 0 aromatic carbocycles. The van der Waals surface area contributed by atoms with Crippen molar-refractivity contribution in [3.8, 4) is 0 Å². The van der Waals surface area contributed by atoms with E-state index in [0.717, 1.165) is 24.4 Å². The molecule has 1 aliphatic carbocycles. The van der Waals surface area contributed by atoms with Crippen LogP contribution >= 0.6 is 11.8 Å². The Morgan fingerprint density at radius 2 is 2.29 bits per heavy atom. The van der Waals surface area contributed by atoms with Gasteiger partial charge in [-0.2, -0.15) is 0 Å². The fraction of sp³-hybridized carbons (Fsp3) is 0.727. The Labute approximate surface area is 104 Å². The van der Waals surface area contributed by atoms with Crippen molar-refractivity contribution in [2.45, 2.75) is 41.5 Å². The molecule has 3 rings (SSSR count). The number of nitrogens with one attached hydrogen (secondary N) is 1. The zero-order valence-electron chi connectivity index (χ0n) is 9.59. The van der Waals surface area contributed by atoms with Gasteiger partial charge in [-0.3, -0.25) is 0 Å². The molecule has 1 saturated heterocycles. The highest BCUT2D eigenvalue weighted by Gasteiger charge is 2.44. The fourth-order valence-corrected chi connectivity index (χ4v) is 3.67. The van der Waals surface area contributed by atoms with Gasteiger partial charge in [-0.05, 0) is 6.42 Å².